The first-order valence-corrected chi connectivity index (χ1v) is 10.8. The summed E-state index contributed by atoms with van der Waals surface area (Å²) in [6, 6.07) is 9.77. The van der Waals surface area contributed by atoms with Crippen molar-refractivity contribution in [2.45, 2.75) is 19.4 Å². The predicted octanol–water partition coefficient (Wildman–Crippen LogP) is 2.69. The van der Waals surface area contributed by atoms with Crippen LogP contribution < -0.4 is 15.0 Å². The lowest BCUT2D eigenvalue weighted by Crippen LogP contribution is -2.45. The van der Waals surface area contributed by atoms with Gasteiger partial charge in [-0.2, -0.15) is 0 Å². The Morgan fingerprint density at radius 1 is 1.16 bits per heavy atom. The normalized spacial score (nSPS) is 15.8. The van der Waals surface area contributed by atoms with Crippen LogP contribution in [0.5, 0.6) is 5.75 Å². The summed E-state index contributed by atoms with van der Waals surface area (Å²) in [5.41, 5.74) is 2.99. The molecule has 3 heterocycles. The van der Waals surface area contributed by atoms with Crippen molar-refractivity contribution in [3.63, 3.8) is 0 Å². The Kier molecular flexibility index (Phi) is 6.13. The molecule has 1 N–H and O–H groups in total. The van der Waals surface area contributed by atoms with Gasteiger partial charge in [0.1, 0.15) is 11.6 Å². The van der Waals surface area contributed by atoms with E-state index in [1.807, 2.05) is 26.1 Å². The smallest absolute Gasteiger partial charge is 0.251 e. The van der Waals surface area contributed by atoms with Gasteiger partial charge in [-0.15, -0.1) is 0 Å². The van der Waals surface area contributed by atoms with Crippen LogP contribution >= 0.6 is 0 Å². The molecule has 0 unspecified atom stereocenters. The number of anilines is 1. The van der Waals surface area contributed by atoms with Gasteiger partial charge in [0.2, 0.25) is 0 Å². The van der Waals surface area contributed by atoms with E-state index in [2.05, 4.69) is 50.0 Å². The number of benzene rings is 1. The molecule has 0 radical (unpaired) electrons. The maximum absolute atomic E-state index is 12.9. The SMILES string of the molecule is COc1ccc2c(c1)c(C[C@@H](C)NC(=O)c1ccnc(N3CCN(C)CC3)c1)cn2C. The quantitative estimate of drug-likeness (QED) is 0.663. The summed E-state index contributed by atoms with van der Waals surface area (Å²) in [6.45, 7) is 5.90. The van der Waals surface area contributed by atoms with E-state index in [1.54, 1.807) is 19.4 Å². The molecule has 1 atom stereocenters. The molecule has 4 rings (SSSR count). The molecular formula is C24H31N5O2. The van der Waals surface area contributed by atoms with Crippen molar-refractivity contribution in [2.24, 2.45) is 7.05 Å². The fourth-order valence-electron chi connectivity index (χ4n) is 4.20. The number of pyridine rings is 1. The van der Waals surface area contributed by atoms with Crippen molar-refractivity contribution >= 4 is 22.6 Å². The van der Waals surface area contributed by atoms with Crippen LogP contribution in [0.4, 0.5) is 5.82 Å². The van der Waals surface area contributed by atoms with Crippen molar-refractivity contribution in [1.29, 1.82) is 0 Å². The Morgan fingerprint density at radius 3 is 2.68 bits per heavy atom. The second-order valence-electron chi connectivity index (χ2n) is 8.42. The molecule has 1 amide bonds. The standard InChI is InChI=1S/C24H31N5O2/c1-17(13-19-16-28(3)22-6-5-20(31-4)15-21(19)22)26-24(30)18-7-8-25-23(14-18)29-11-9-27(2)10-12-29/h5-8,14-17H,9-13H2,1-4H3,(H,26,30)/t17-/m1/s1. The number of carbonyl (C=O) groups is 1. The lowest BCUT2D eigenvalue weighted by molar-refractivity contribution is 0.0940. The van der Waals surface area contributed by atoms with Crippen LogP contribution in [0.25, 0.3) is 10.9 Å². The number of hydrogen-bond acceptors (Lipinski definition) is 5. The zero-order valence-corrected chi connectivity index (χ0v) is 18.8. The molecule has 164 valence electrons. The number of piperazine rings is 1. The topological polar surface area (TPSA) is 62.6 Å². The maximum Gasteiger partial charge on any atom is 0.251 e. The highest BCUT2D eigenvalue weighted by Gasteiger charge is 2.18. The van der Waals surface area contributed by atoms with Gasteiger partial charge < -0.3 is 24.4 Å². The summed E-state index contributed by atoms with van der Waals surface area (Å²) in [6.07, 6.45) is 4.60. The molecule has 2 aromatic heterocycles. The van der Waals surface area contributed by atoms with Crippen molar-refractivity contribution in [2.75, 3.05) is 45.2 Å². The van der Waals surface area contributed by atoms with Crippen molar-refractivity contribution in [3.8, 4) is 5.75 Å². The average Bonchev–Trinajstić information content (AvgIpc) is 3.08. The Balaban J connectivity index is 1.45. The van der Waals surface area contributed by atoms with Gasteiger partial charge in [0.25, 0.3) is 5.91 Å². The zero-order chi connectivity index (χ0) is 22.0. The van der Waals surface area contributed by atoms with Crippen molar-refractivity contribution in [3.05, 3.63) is 53.9 Å². The minimum atomic E-state index is -0.0666. The number of fused-ring (bicyclic) bond motifs is 1. The summed E-state index contributed by atoms with van der Waals surface area (Å²) in [5.74, 6) is 1.64. The second kappa shape index (κ2) is 8.98. The molecule has 1 aliphatic heterocycles. The minimum absolute atomic E-state index is 0.00967. The van der Waals surface area contributed by atoms with Gasteiger partial charge in [-0.05, 0) is 56.3 Å². The molecule has 1 saturated heterocycles. The Hall–Kier alpha value is -3.06. The number of nitrogens with one attached hydrogen (secondary N) is 1. The maximum atomic E-state index is 12.9. The molecule has 1 aliphatic rings. The van der Waals surface area contributed by atoms with E-state index in [9.17, 15) is 4.79 Å². The van der Waals surface area contributed by atoms with E-state index in [0.717, 1.165) is 55.1 Å². The summed E-state index contributed by atoms with van der Waals surface area (Å²) in [4.78, 5) is 21.9. The average molecular weight is 422 g/mol. The van der Waals surface area contributed by atoms with E-state index in [-0.39, 0.29) is 11.9 Å². The number of hydrogen-bond donors (Lipinski definition) is 1. The highest BCUT2D eigenvalue weighted by molar-refractivity contribution is 5.95. The molecular weight excluding hydrogens is 390 g/mol. The van der Waals surface area contributed by atoms with Gasteiger partial charge in [0, 0.05) is 68.1 Å². The minimum Gasteiger partial charge on any atom is -0.497 e. The van der Waals surface area contributed by atoms with Crippen LogP contribution in [0.1, 0.15) is 22.8 Å². The molecule has 7 heteroatoms. The highest BCUT2D eigenvalue weighted by atomic mass is 16.5. The first-order chi connectivity index (χ1) is 14.9. The highest BCUT2D eigenvalue weighted by Crippen LogP contribution is 2.26. The fourth-order valence-corrected chi connectivity index (χ4v) is 4.20. The first-order valence-electron chi connectivity index (χ1n) is 10.8. The van der Waals surface area contributed by atoms with Gasteiger partial charge >= 0.3 is 0 Å². The van der Waals surface area contributed by atoms with E-state index in [1.165, 1.54) is 5.56 Å². The number of likely N-dealkylation sites (N-methyl/N-ethyl adjacent to an activating group) is 1. The Labute approximate surface area is 183 Å². The lowest BCUT2D eigenvalue weighted by atomic mass is 10.1. The van der Waals surface area contributed by atoms with E-state index < -0.39 is 0 Å². The van der Waals surface area contributed by atoms with Gasteiger partial charge in [-0.3, -0.25) is 4.79 Å². The number of rotatable bonds is 6. The number of amides is 1. The Bertz CT molecular complexity index is 1070. The zero-order valence-electron chi connectivity index (χ0n) is 18.8. The summed E-state index contributed by atoms with van der Waals surface area (Å²) >= 11 is 0. The lowest BCUT2D eigenvalue weighted by Gasteiger charge is -2.33. The van der Waals surface area contributed by atoms with Crippen LogP contribution in [-0.4, -0.2) is 66.7 Å². The number of carbonyl (C=O) groups excluding carboxylic acids is 1. The third-order valence-electron chi connectivity index (χ3n) is 6.02. The number of methoxy groups -OCH3 is 1. The molecule has 31 heavy (non-hydrogen) atoms. The van der Waals surface area contributed by atoms with Crippen LogP contribution in [-0.2, 0) is 13.5 Å². The third-order valence-corrected chi connectivity index (χ3v) is 6.02. The molecule has 0 aliphatic carbocycles. The van der Waals surface area contributed by atoms with Crippen molar-refractivity contribution < 1.29 is 9.53 Å². The molecule has 1 fully saturated rings. The molecule has 1 aromatic carbocycles. The monoisotopic (exact) mass is 421 g/mol. The van der Waals surface area contributed by atoms with Crippen LogP contribution in [0, 0.1) is 0 Å². The number of aromatic nitrogens is 2. The van der Waals surface area contributed by atoms with Gasteiger partial charge in [0.15, 0.2) is 0 Å². The van der Waals surface area contributed by atoms with Crippen LogP contribution in [0.3, 0.4) is 0 Å². The molecule has 0 spiro atoms. The van der Waals surface area contributed by atoms with Gasteiger partial charge in [-0.1, -0.05) is 0 Å². The van der Waals surface area contributed by atoms with Crippen molar-refractivity contribution in [1.82, 2.24) is 19.8 Å². The van der Waals surface area contributed by atoms with Gasteiger partial charge in [-0.25, -0.2) is 4.98 Å². The number of aryl methyl sites for hydroxylation is 1. The third kappa shape index (κ3) is 4.66. The summed E-state index contributed by atoms with van der Waals surface area (Å²) in [5, 5.41) is 4.31. The fraction of sp³-hybridized carbons (Fsp3) is 0.417. The Morgan fingerprint density at radius 2 is 1.94 bits per heavy atom. The van der Waals surface area contributed by atoms with Gasteiger partial charge in [0.05, 0.1) is 7.11 Å². The summed E-state index contributed by atoms with van der Waals surface area (Å²) < 4.78 is 7.50. The summed E-state index contributed by atoms with van der Waals surface area (Å²) in [7, 11) is 5.85. The molecule has 0 bridgehead atoms. The van der Waals surface area contributed by atoms with Crippen LogP contribution in [0.15, 0.2) is 42.7 Å². The largest absolute Gasteiger partial charge is 0.497 e. The number of nitrogens with zero attached hydrogens (tertiary/aromatic N) is 4. The first kappa shape index (κ1) is 21.2. The van der Waals surface area contributed by atoms with Crippen LogP contribution in [0.2, 0.25) is 0 Å². The van der Waals surface area contributed by atoms with E-state index >= 15 is 0 Å². The number of ether oxygens (including phenoxy) is 1. The van der Waals surface area contributed by atoms with E-state index in [4.69, 9.17) is 4.74 Å². The molecule has 7 nitrogen and oxygen atoms in total. The van der Waals surface area contributed by atoms with E-state index in [0.29, 0.717) is 5.56 Å². The second-order valence-corrected chi connectivity index (χ2v) is 8.42. The predicted molar refractivity (Wildman–Crippen MR) is 124 cm³/mol. The molecule has 0 saturated carbocycles. The molecule has 3 aromatic rings.